The fraction of sp³-hybridized carbons (Fsp3) is 0.857. The van der Waals surface area contributed by atoms with Crippen molar-refractivity contribution >= 4 is 13.8 Å². The Morgan fingerprint density at radius 1 is 1.50 bits per heavy atom. The van der Waals surface area contributed by atoms with Crippen molar-refractivity contribution in [3.8, 4) is 0 Å². The van der Waals surface area contributed by atoms with Crippen molar-refractivity contribution in [2.75, 3.05) is 6.61 Å². The number of hydrogen-bond acceptors (Lipinski definition) is 2. The van der Waals surface area contributed by atoms with Crippen LogP contribution >= 0.6 is 8.00 Å². The third-order valence-corrected chi connectivity index (χ3v) is 2.04. The Morgan fingerprint density at radius 3 is 2.70 bits per heavy atom. The molecule has 0 spiro atoms. The van der Waals surface area contributed by atoms with Crippen LogP contribution in [0.4, 0.5) is 0 Å². The van der Waals surface area contributed by atoms with Crippen molar-refractivity contribution in [3.63, 3.8) is 0 Å². The molecule has 3 heteroatoms. The van der Waals surface area contributed by atoms with E-state index in [1.165, 1.54) is 6.42 Å². The van der Waals surface area contributed by atoms with Crippen molar-refractivity contribution < 1.29 is 9.42 Å². The van der Waals surface area contributed by atoms with Crippen molar-refractivity contribution in [2.45, 2.75) is 33.1 Å². The van der Waals surface area contributed by atoms with Crippen molar-refractivity contribution in [1.82, 2.24) is 0 Å². The minimum atomic E-state index is -1.47. The molecule has 0 aromatic carbocycles. The smallest absolute Gasteiger partial charge is 0.216 e. The first-order chi connectivity index (χ1) is 4.81. The second-order valence-electron chi connectivity index (χ2n) is 2.08. The summed E-state index contributed by atoms with van der Waals surface area (Å²) in [6.07, 6.45) is 3.36. The average molecular weight is 162 g/mol. The van der Waals surface area contributed by atoms with E-state index in [9.17, 15) is 4.89 Å². The summed E-state index contributed by atoms with van der Waals surface area (Å²) in [6.45, 7) is 4.51. The van der Waals surface area contributed by atoms with Crippen molar-refractivity contribution in [2.24, 2.45) is 0 Å². The van der Waals surface area contributed by atoms with Crippen LogP contribution in [0, 0.1) is 0 Å². The van der Waals surface area contributed by atoms with E-state index in [-0.39, 0.29) is 0 Å². The standard InChI is InChI=1S/C7H15O2P/c1-3-5-6-7-9-10(8)4-2/h4H,3,5-7H2,1-2H3. The second-order valence-corrected chi connectivity index (χ2v) is 3.43. The molecule has 1 unspecified atom stereocenters. The molecule has 0 aromatic rings. The molecule has 60 valence electrons. The van der Waals surface area contributed by atoms with E-state index in [0.29, 0.717) is 6.61 Å². The van der Waals surface area contributed by atoms with Gasteiger partial charge in [-0.2, -0.15) is 4.52 Å². The van der Waals surface area contributed by atoms with Gasteiger partial charge in [-0.1, -0.05) is 19.8 Å². The molecule has 0 aromatic heterocycles. The van der Waals surface area contributed by atoms with Crippen LogP contribution in [-0.4, -0.2) is 12.4 Å². The van der Waals surface area contributed by atoms with E-state index in [1.54, 1.807) is 12.7 Å². The monoisotopic (exact) mass is 162 g/mol. The predicted octanol–water partition coefficient (Wildman–Crippen LogP) is 1.69. The fourth-order valence-corrected chi connectivity index (χ4v) is 1.04. The number of rotatable bonds is 5. The SMILES string of the molecule is C/C=[P+](\[O-])OCCCCC. The van der Waals surface area contributed by atoms with Gasteiger partial charge in [0.15, 0.2) is 0 Å². The quantitative estimate of drug-likeness (QED) is 0.455. The highest BCUT2D eigenvalue weighted by molar-refractivity contribution is 7.44. The lowest BCUT2D eigenvalue weighted by molar-refractivity contribution is -0.172. The summed E-state index contributed by atoms with van der Waals surface area (Å²) >= 11 is 0. The van der Waals surface area contributed by atoms with Gasteiger partial charge in [0.2, 0.25) is 8.00 Å². The average Bonchev–Trinajstić information content (AvgIpc) is 1.98. The van der Waals surface area contributed by atoms with Crippen LogP contribution in [-0.2, 0) is 4.52 Å². The van der Waals surface area contributed by atoms with Gasteiger partial charge in [0.25, 0.3) is 0 Å². The van der Waals surface area contributed by atoms with Gasteiger partial charge in [0.1, 0.15) is 5.80 Å². The van der Waals surface area contributed by atoms with Gasteiger partial charge in [0.05, 0.1) is 6.61 Å². The Morgan fingerprint density at radius 2 is 2.20 bits per heavy atom. The fourth-order valence-electron chi connectivity index (χ4n) is 0.581. The molecule has 0 N–H and O–H groups in total. The highest BCUT2D eigenvalue weighted by Gasteiger charge is 1.93. The molecule has 0 aliphatic rings. The largest absolute Gasteiger partial charge is 0.603 e. The minimum absolute atomic E-state index is 0.632. The van der Waals surface area contributed by atoms with E-state index in [0.717, 1.165) is 12.8 Å². The Kier molecular flexibility index (Phi) is 7.26. The van der Waals surface area contributed by atoms with E-state index in [2.05, 4.69) is 6.92 Å². The molecule has 0 saturated carbocycles. The molecule has 0 fully saturated rings. The molecular weight excluding hydrogens is 147 g/mol. The number of hydrogen-bond donors (Lipinski definition) is 0. The maximum absolute atomic E-state index is 10.6. The van der Waals surface area contributed by atoms with Crippen LogP contribution in [0.5, 0.6) is 0 Å². The van der Waals surface area contributed by atoms with Gasteiger partial charge in [-0.25, -0.2) is 0 Å². The zero-order valence-corrected chi connectivity index (χ0v) is 7.56. The molecule has 0 bridgehead atoms. The zero-order valence-electron chi connectivity index (χ0n) is 6.67. The lowest BCUT2D eigenvalue weighted by Gasteiger charge is -1.96. The maximum atomic E-state index is 10.6. The van der Waals surface area contributed by atoms with Gasteiger partial charge < -0.3 is 4.89 Å². The molecule has 0 rings (SSSR count). The summed E-state index contributed by atoms with van der Waals surface area (Å²) in [7, 11) is -1.47. The molecular formula is C7H15O2P. The van der Waals surface area contributed by atoms with E-state index in [1.807, 2.05) is 0 Å². The summed E-state index contributed by atoms with van der Waals surface area (Å²) in [6, 6.07) is 0. The predicted molar refractivity (Wildman–Crippen MR) is 44.1 cm³/mol. The first-order valence-electron chi connectivity index (χ1n) is 3.70. The summed E-state index contributed by atoms with van der Waals surface area (Å²) in [5, 5.41) is 0. The summed E-state index contributed by atoms with van der Waals surface area (Å²) in [5.41, 5.74) is 0. The summed E-state index contributed by atoms with van der Waals surface area (Å²) in [4.78, 5) is 10.6. The molecule has 1 atom stereocenters. The molecule has 0 saturated heterocycles. The molecule has 0 aliphatic heterocycles. The summed E-state index contributed by atoms with van der Waals surface area (Å²) in [5.74, 6) is 1.58. The molecule has 0 radical (unpaired) electrons. The van der Waals surface area contributed by atoms with Crippen LogP contribution in [0.1, 0.15) is 33.1 Å². The second kappa shape index (κ2) is 7.20. The van der Waals surface area contributed by atoms with E-state index in [4.69, 9.17) is 4.52 Å². The van der Waals surface area contributed by atoms with Crippen LogP contribution in [0.3, 0.4) is 0 Å². The third kappa shape index (κ3) is 6.21. The molecule has 0 aliphatic carbocycles. The Labute approximate surface area is 63.8 Å². The van der Waals surface area contributed by atoms with Gasteiger partial charge >= 0.3 is 0 Å². The number of unbranched alkanes of at least 4 members (excludes halogenated alkanes) is 2. The zero-order chi connectivity index (χ0) is 7.82. The molecule has 0 heterocycles. The first kappa shape index (κ1) is 10.1. The van der Waals surface area contributed by atoms with Gasteiger partial charge in [-0.05, 0) is 13.3 Å². The lowest BCUT2D eigenvalue weighted by Crippen LogP contribution is -1.95. The first-order valence-corrected chi connectivity index (χ1v) is 4.94. The molecule has 0 amide bonds. The molecule has 10 heavy (non-hydrogen) atoms. The van der Waals surface area contributed by atoms with Crippen LogP contribution in [0.25, 0.3) is 0 Å². The van der Waals surface area contributed by atoms with Crippen molar-refractivity contribution in [1.29, 1.82) is 0 Å². The van der Waals surface area contributed by atoms with E-state index >= 15 is 0 Å². The van der Waals surface area contributed by atoms with Crippen LogP contribution < -0.4 is 4.89 Å². The van der Waals surface area contributed by atoms with Gasteiger partial charge in [-0.15, -0.1) is 0 Å². The minimum Gasteiger partial charge on any atom is -0.603 e. The maximum Gasteiger partial charge on any atom is 0.216 e. The Bertz CT molecular complexity index is 102. The normalized spacial score (nSPS) is 12.1. The van der Waals surface area contributed by atoms with Gasteiger partial charge in [0, 0.05) is 0 Å². The third-order valence-electron chi connectivity index (χ3n) is 1.18. The highest BCUT2D eigenvalue weighted by Crippen LogP contribution is 2.11. The van der Waals surface area contributed by atoms with Gasteiger partial charge in [-0.3, -0.25) is 0 Å². The van der Waals surface area contributed by atoms with Crippen LogP contribution in [0.2, 0.25) is 0 Å². The lowest BCUT2D eigenvalue weighted by atomic mass is 10.3. The molecule has 2 nitrogen and oxygen atoms in total. The van der Waals surface area contributed by atoms with Crippen LogP contribution in [0.15, 0.2) is 0 Å². The Balaban J connectivity index is 3.04. The van der Waals surface area contributed by atoms with E-state index < -0.39 is 8.00 Å². The topological polar surface area (TPSA) is 32.3 Å². The van der Waals surface area contributed by atoms with Crippen molar-refractivity contribution in [3.05, 3.63) is 0 Å². The Hall–Kier alpha value is 0.0900. The highest BCUT2D eigenvalue weighted by atomic mass is 31.1. The summed E-state index contributed by atoms with van der Waals surface area (Å²) < 4.78 is 4.95.